The van der Waals surface area contributed by atoms with Crippen molar-refractivity contribution in [1.29, 1.82) is 0 Å². The van der Waals surface area contributed by atoms with Gasteiger partial charge in [-0.1, -0.05) is 6.42 Å². The van der Waals surface area contributed by atoms with Crippen molar-refractivity contribution in [3.05, 3.63) is 5.32 Å². The van der Waals surface area contributed by atoms with E-state index in [0.29, 0.717) is 6.04 Å². The van der Waals surface area contributed by atoms with Gasteiger partial charge in [0.15, 0.2) is 0 Å². The summed E-state index contributed by atoms with van der Waals surface area (Å²) in [5.41, 5.74) is 5.54. The van der Waals surface area contributed by atoms with Crippen LogP contribution in [0.5, 0.6) is 0 Å². The van der Waals surface area contributed by atoms with Crippen molar-refractivity contribution in [2.75, 3.05) is 13.1 Å². The quantitative estimate of drug-likeness (QED) is 0.354. The molecule has 0 bridgehead atoms. The van der Waals surface area contributed by atoms with Gasteiger partial charge >= 0.3 is 29.6 Å². The minimum atomic E-state index is 0. The molecule has 0 aromatic carbocycles. The molecule has 1 saturated heterocycles. The fourth-order valence-electron chi connectivity index (χ4n) is 0.814. The minimum absolute atomic E-state index is 0. The Kier molecular flexibility index (Phi) is 5.31. The van der Waals surface area contributed by atoms with Crippen LogP contribution in [0.3, 0.4) is 0 Å². The van der Waals surface area contributed by atoms with Gasteiger partial charge in [0.25, 0.3) is 0 Å². The summed E-state index contributed by atoms with van der Waals surface area (Å²) in [5, 5.41) is 4.13. The molecule has 8 heavy (non-hydrogen) atoms. The van der Waals surface area contributed by atoms with E-state index < -0.39 is 0 Å². The topological polar surface area (TPSA) is 40.1 Å². The number of hydrogen-bond acceptors (Lipinski definition) is 1. The van der Waals surface area contributed by atoms with Crippen molar-refractivity contribution in [3.63, 3.8) is 0 Å². The molecule has 0 spiro atoms. The number of hydrogen-bond donors (Lipinski definition) is 1. The van der Waals surface area contributed by atoms with Crippen LogP contribution >= 0.6 is 0 Å². The molecule has 42 valence electrons. The molecule has 0 aliphatic carbocycles. The monoisotopic (exact) mass is 122 g/mol. The van der Waals surface area contributed by atoms with Gasteiger partial charge in [-0.15, -0.1) is 13.1 Å². The molecule has 1 aliphatic rings. The van der Waals surface area contributed by atoms with Crippen LogP contribution in [0.25, 0.3) is 5.32 Å². The molecule has 1 heterocycles. The summed E-state index contributed by atoms with van der Waals surface area (Å²) in [4.78, 5) is 0. The van der Waals surface area contributed by atoms with Crippen molar-refractivity contribution in [2.24, 2.45) is 5.73 Å². The zero-order valence-electron chi connectivity index (χ0n) is 5.43. The molecule has 0 radical (unpaired) electrons. The van der Waals surface area contributed by atoms with Crippen LogP contribution in [0, 0.1) is 0 Å². The molecule has 2 nitrogen and oxygen atoms in total. The van der Waals surface area contributed by atoms with Crippen LogP contribution in [-0.4, -0.2) is 19.1 Å². The van der Waals surface area contributed by atoms with E-state index in [1.165, 1.54) is 12.8 Å². The van der Waals surface area contributed by atoms with Crippen molar-refractivity contribution in [3.8, 4) is 0 Å². The average molecular weight is 122 g/mol. The van der Waals surface area contributed by atoms with Gasteiger partial charge in [-0.25, -0.2) is 0 Å². The molecular weight excluding hydrogens is 111 g/mol. The van der Waals surface area contributed by atoms with Crippen LogP contribution in [0.2, 0.25) is 0 Å². The molecular formula is C5H11N2Na. The van der Waals surface area contributed by atoms with Crippen LogP contribution < -0.4 is 35.3 Å². The Bertz CT molecular complexity index is 52.4. The Balaban J connectivity index is 0.000000490. The second-order valence-electron chi connectivity index (χ2n) is 2.03. The molecule has 1 fully saturated rings. The van der Waals surface area contributed by atoms with E-state index in [1.54, 1.807) is 0 Å². The maximum absolute atomic E-state index is 5.54. The molecule has 1 aliphatic heterocycles. The zero-order valence-corrected chi connectivity index (χ0v) is 7.43. The third-order valence-corrected chi connectivity index (χ3v) is 1.25. The Morgan fingerprint density at radius 2 is 2.25 bits per heavy atom. The molecule has 0 aromatic rings. The van der Waals surface area contributed by atoms with Gasteiger partial charge in [-0.2, -0.15) is 0 Å². The summed E-state index contributed by atoms with van der Waals surface area (Å²) in [6.07, 6.45) is 2.37. The third kappa shape index (κ3) is 3.05. The second kappa shape index (κ2) is 4.77. The van der Waals surface area contributed by atoms with Gasteiger partial charge in [-0.3, -0.25) is 0 Å². The van der Waals surface area contributed by atoms with Crippen molar-refractivity contribution >= 4 is 0 Å². The first kappa shape index (κ1) is 8.92. The number of nitrogens with two attached hydrogens (primary N) is 1. The number of rotatable bonds is 0. The van der Waals surface area contributed by atoms with Crippen LogP contribution in [0.1, 0.15) is 12.8 Å². The van der Waals surface area contributed by atoms with E-state index in [1.807, 2.05) is 0 Å². The molecule has 2 N–H and O–H groups in total. The molecule has 0 aromatic heterocycles. The molecule has 3 heteroatoms. The van der Waals surface area contributed by atoms with E-state index in [-0.39, 0.29) is 29.6 Å². The predicted molar refractivity (Wildman–Crippen MR) is 30.3 cm³/mol. The molecule has 1 rings (SSSR count). The molecule has 1 unspecified atom stereocenters. The first-order valence-corrected chi connectivity index (χ1v) is 2.78. The maximum Gasteiger partial charge on any atom is 1.00 e. The van der Waals surface area contributed by atoms with Crippen molar-refractivity contribution < 1.29 is 29.6 Å². The maximum atomic E-state index is 5.54. The van der Waals surface area contributed by atoms with E-state index in [2.05, 4.69) is 5.32 Å². The van der Waals surface area contributed by atoms with Gasteiger partial charge in [0, 0.05) is 0 Å². The largest absolute Gasteiger partial charge is 1.00 e. The summed E-state index contributed by atoms with van der Waals surface area (Å²) < 4.78 is 0. The van der Waals surface area contributed by atoms with E-state index >= 15 is 0 Å². The molecule has 0 saturated carbocycles. The van der Waals surface area contributed by atoms with Crippen LogP contribution in [0.15, 0.2) is 0 Å². The second-order valence-corrected chi connectivity index (χ2v) is 2.03. The van der Waals surface area contributed by atoms with Crippen molar-refractivity contribution in [2.45, 2.75) is 18.9 Å². The molecule has 0 amide bonds. The average Bonchev–Trinajstić information content (AvgIpc) is 1.69. The van der Waals surface area contributed by atoms with E-state index in [4.69, 9.17) is 5.73 Å². The van der Waals surface area contributed by atoms with E-state index in [9.17, 15) is 0 Å². The number of piperidine rings is 1. The first-order chi connectivity index (χ1) is 3.39. The van der Waals surface area contributed by atoms with E-state index in [0.717, 1.165) is 13.1 Å². The normalized spacial score (nSPS) is 28.9. The number of nitrogens with zero attached hydrogens (tertiary/aromatic N) is 1. The first-order valence-electron chi connectivity index (χ1n) is 2.78. The molecule has 1 atom stereocenters. The van der Waals surface area contributed by atoms with Crippen LogP contribution in [-0.2, 0) is 0 Å². The van der Waals surface area contributed by atoms with Gasteiger partial charge in [0.2, 0.25) is 0 Å². The smallest absolute Gasteiger partial charge is 0.661 e. The standard InChI is InChI=1S/C5H11N2.Na/c6-5-2-1-3-7-4-5;/h5H,1-4,6H2;/q-1;+1. The van der Waals surface area contributed by atoms with Gasteiger partial charge in [0.1, 0.15) is 0 Å². The van der Waals surface area contributed by atoms with Crippen LogP contribution in [0.4, 0.5) is 0 Å². The summed E-state index contributed by atoms with van der Waals surface area (Å²) in [7, 11) is 0. The summed E-state index contributed by atoms with van der Waals surface area (Å²) in [5.74, 6) is 0. The van der Waals surface area contributed by atoms with Gasteiger partial charge in [-0.05, 0) is 12.5 Å². The Labute approximate surface area is 72.5 Å². The van der Waals surface area contributed by atoms with Gasteiger partial charge < -0.3 is 11.1 Å². The third-order valence-electron chi connectivity index (χ3n) is 1.25. The Morgan fingerprint density at radius 3 is 2.50 bits per heavy atom. The summed E-state index contributed by atoms with van der Waals surface area (Å²) in [6.45, 7) is 1.92. The van der Waals surface area contributed by atoms with Crippen molar-refractivity contribution in [1.82, 2.24) is 0 Å². The minimum Gasteiger partial charge on any atom is -0.661 e. The fourth-order valence-corrected chi connectivity index (χ4v) is 0.814. The zero-order chi connectivity index (χ0) is 5.11. The summed E-state index contributed by atoms with van der Waals surface area (Å²) >= 11 is 0. The summed E-state index contributed by atoms with van der Waals surface area (Å²) in [6, 6.07) is 0.369. The van der Waals surface area contributed by atoms with Gasteiger partial charge in [0.05, 0.1) is 0 Å². The Morgan fingerprint density at radius 1 is 1.50 bits per heavy atom. The predicted octanol–water partition coefficient (Wildman–Crippen LogP) is -2.51. The SMILES string of the molecule is NC1CCC[N-]C1.[Na+]. The Hall–Kier alpha value is 0.920. The fraction of sp³-hybridized carbons (Fsp3) is 1.00.